The summed E-state index contributed by atoms with van der Waals surface area (Å²) in [4.78, 5) is 23.6. The first-order valence-electron chi connectivity index (χ1n) is 7.45. The van der Waals surface area contributed by atoms with Gasteiger partial charge >= 0.3 is 0 Å². The second-order valence-electron chi connectivity index (χ2n) is 5.14. The van der Waals surface area contributed by atoms with Crippen LogP contribution in [-0.4, -0.2) is 31.8 Å². The van der Waals surface area contributed by atoms with Gasteiger partial charge in [0.15, 0.2) is 18.1 Å². The van der Waals surface area contributed by atoms with Gasteiger partial charge in [0.25, 0.3) is 5.91 Å². The van der Waals surface area contributed by atoms with Crippen molar-refractivity contribution in [1.82, 2.24) is 5.32 Å². The molecule has 2 aromatic carbocycles. The lowest BCUT2D eigenvalue weighted by molar-refractivity contribution is -0.125. The Morgan fingerprint density at radius 2 is 1.80 bits per heavy atom. The Kier molecular flexibility index (Phi) is 5.25. The largest absolute Gasteiger partial charge is 0.484 e. The van der Waals surface area contributed by atoms with Crippen LogP contribution in [0.25, 0.3) is 0 Å². The van der Waals surface area contributed by atoms with Gasteiger partial charge in [0.2, 0.25) is 12.7 Å². The Labute approximate surface area is 148 Å². The quantitative estimate of drug-likeness (QED) is 0.822. The number of benzene rings is 2. The standard InChI is InChI=1S/C17H15ClN2O5/c18-11-1-4-13(5-2-11)23-9-17(22)19-8-16(21)20-12-3-6-14-15(7-12)25-10-24-14/h1-7H,8-10H2,(H,19,22)(H,20,21). The number of halogens is 1. The predicted molar refractivity (Wildman–Crippen MR) is 91.2 cm³/mol. The fraction of sp³-hybridized carbons (Fsp3) is 0.176. The molecule has 1 aliphatic rings. The average Bonchev–Trinajstić information content (AvgIpc) is 3.07. The highest BCUT2D eigenvalue weighted by molar-refractivity contribution is 6.30. The summed E-state index contributed by atoms with van der Waals surface area (Å²) < 4.78 is 15.7. The van der Waals surface area contributed by atoms with Gasteiger partial charge in [-0.25, -0.2) is 0 Å². The van der Waals surface area contributed by atoms with Crippen molar-refractivity contribution < 1.29 is 23.8 Å². The molecule has 130 valence electrons. The van der Waals surface area contributed by atoms with Crippen molar-refractivity contribution in [2.75, 3.05) is 25.3 Å². The van der Waals surface area contributed by atoms with Crippen molar-refractivity contribution in [2.24, 2.45) is 0 Å². The van der Waals surface area contributed by atoms with Crippen LogP contribution in [0.1, 0.15) is 0 Å². The minimum Gasteiger partial charge on any atom is -0.484 e. The van der Waals surface area contributed by atoms with Gasteiger partial charge in [0, 0.05) is 16.8 Å². The van der Waals surface area contributed by atoms with Crippen LogP contribution in [0.4, 0.5) is 5.69 Å². The number of carbonyl (C=O) groups is 2. The SMILES string of the molecule is O=C(COc1ccc(Cl)cc1)NCC(=O)Nc1ccc2c(c1)OCO2. The molecule has 0 bridgehead atoms. The van der Waals surface area contributed by atoms with E-state index in [2.05, 4.69) is 10.6 Å². The molecule has 0 atom stereocenters. The zero-order valence-corrected chi connectivity index (χ0v) is 13.8. The van der Waals surface area contributed by atoms with Crippen LogP contribution in [0, 0.1) is 0 Å². The van der Waals surface area contributed by atoms with E-state index in [9.17, 15) is 9.59 Å². The van der Waals surface area contributed by atoms with Crippen LogP contribution in [0.2, 0.25) is 5.02 Å². The second kappa shape index (κ2) is 7.76. The average molecular weight is 363 g/mol. The third kappa shape index (κ3) is 4.77. The van der Waals surface area contributed by atoms with Crippen LogP contribution >= 0.6 is 11.6 Å². The van der Waals surface area contributed by atoms with Gasteiger partial charge in [-0.2, -0.15) is 0 Å². The highest BCUT2D eigenvalue weighted by atomic mass is 35.5. The summed E-state index contributed by atoms with van der Waals surface area (Å²) in [5.74, 6) is 0.947. The number of fused-ring (bicyclic) bond motifs is 1. The van der Waals surface area contributed by atoms with E-state index < -0.39 is 5.91 Å². The second-order valence-corrected chi connectivity index (χ2v) is 5.57. The smallest absolute Gasteiger partial charge is 0.258 e. The molecule has 0 saturated carbocycles. The van der Waals surface area contributed by atoms with Crippen LogP contribution < -0.4 is 24.8 Å². The monoisotopic (exact) mass is 362 g/mol. The molecule has 1 aliphatic heterocycles. The molecule has 3 rings (SSSR count). The molecule has 2 amide bonds. The first-order valence-corrected chi connectivity index (χ1v) is 7.82. The topological polar surface area (TPSA) is 85.9 Å². The molecule has 0 aromatic heterocycles. The number of anilines is 1. The van der Waals surface area contributed by atoms with E-state index in [1.165, 1.54) is 0 Å². The zero-order chi connectivity index (χ0) is 17.6. The van der Waals surface area contributed by atoms with E-state index in [0.717, 1.165) is 0 Å². The molecule has 0 radical (unpaired) electrons. The van der Waals surface area contributed by atoms with E-state index in [-0.39, 0.29) is 25.9 Å². The molecule has 25 heavy (non-hydrogen) atoms. The molecular formula is C17H15ClN2O5. The fourth-order valence-electron chi connectivity index (χ4n) is 2.09. The summed E-state index contributed by atoms with van der Waals surface area (Å²) in [6.45, 7) is -0.202. The lowest BCUT2D eigenvalue weighted by Crippen LogP contribution is -2.35. The molecule has 7 nitrogen and oxygen atoms in total. The van der Waals surface area contributed by atoms with Crippen molar-refractivity contribution in [1.29, 1.82) is 0 Å². The Morgan fingerprint density at radius 3 is 2.60 bits per heavy atom. The summed E-state index contributed by atoms with van der Waals surface area (Å²) in [7, 11) is 0. The summed E-state index contributed by atoms with van der Waals surface area (Å²) in [5, 5.41) is 5.72. The maximum atomic E-state index is 11.9. The minimum atomic E-state index is -0.407. The van der Waals surface area contributed by atoms with Crippen LogP contribution in [0.3, 0.4) is 0 Å². The number of amides is 2. The van der Waals surface area contributed by atoms with Crippen molar-refractivity contribution >= 4 is 29.1 Å². The molecule has 8 heteroatoms. The Hall–Kier alpha value is -2.93. The van der Waals surface area contributed by atoms with E-state index in [4.69, 9.17) is 25.8 Å². The molecule has 2 aromatic rings. The molecule has 1 heterocycles. The summed E-state index contributed by atoms with van der Waals surface area (Å²) >= 11 is 5.76. The van der Waals surface area contributed by atoms with E-state index in [0.29, 0.717) is 28.0 Å². The third-order valence-corrected chi connectivity index (χ3v) is 3.54. The van der Waals surface area contributed by atoms with Crippen molar-refractivity contribution in [2.45, 2.75) is 0 Å². The molecule has 0 aliphatic carbocycles. The van der Waals surface area contributed by atoms with Gasteiger partial charge in [0.1, 0.15) is 5.75 Å². The Balaban J connectivity index is 1.41. The van der Waals surface area contributed by atoms with Crippen molar-refractivity contribution in [3.05, 3.63) is 47.5 Å². The van der Waals surface area contributed by atoms with Gasteiger partial charge in [-0.05, 0) is 36.4 Å². The molecule has 0 unspecified atom stereocenters. The van der Waals surface area contributed by atoms with Crippen LogP contribution in [-0.2, 0) is 9.59 Å². The van der Waals surface area contributed by atoms with Gasteiger partial charge in [-0.15, -0.1) is 0 Å². The molecule has 0 saturated heterocycles. The number of ether oxygens (including phenoxy) is 3. The third-order valence-electron chi connectivity index (χ3n) is 3.29. The number of hydrogen-bond acceptors (Lipinski definition) is 5. The van der Waals surface area contributed by atoms with E-state index in [1.807, 2.05) is 0 Å². The maximum absolute atomic E-state index is 11.9. The lowest BCUT2D eigenvalue weighted by Gasteiger charge is -2.09. The molecule has 0 spiro atoms. The summed E-state index contributed by atoms with van der Waals surface area (Å²) in [5.41, 5.74) is 0.556. The minimum absolute atomic E-state index is 0.163. The van der Waals surface area contributed by atoms with Crippen LogP contribution in [0.15, 0.2) is 42.5 Å². The Morgan fingerprint density at radius 1 is 1.04 bits per heavy atom. The molecule has 0 fully saturated rings. The van der Waals surface area contributed by atoms with Crippen LogP contribution in [0.5, 0.6) is 17.2 Å². The molecular weight excluding hydrogens is 348 g/mol. The normalized spacial score (nSPS) is 11.7. The Bertz CT molecular complexity index is 779. The van der Waals surface area contributed by atoms with Crippen molar-refractivity contribution in [3.8, 4) is 17.2 Å². The summed E-state index contributed by atoms with van der Waals surface area (Å²) in [6.07, 6.45) is 0. The van der Waals surface area contributed by atoms with Crippen molar-refractivity contribution in [3.63, 3.8) is 0 Å². The van der Waals surface area contributed by atoms with Gasteiger partial charge in [-0.1, -0.05) is 11.6 Å². The molecule has 2 N–H and O–H groups in total. The fourth-order valence-corrected chi connectivity index (χ4v) is 2.22. The van der Waals surface area contributed by atoms with Gasteiger partial charge in [0.05, 0.1) is 6.54 Å². The number of carbonyl (C=O) groups excluding carboxylic acids is 2. The van der Waals surface area contributed by atoms with Gasteiger partial charge in [-0.3, -0.25) is 9.59 Å². The zero-order valence-electron chi connectivity index (χ0n) is 13.1. The number of hydrogen-bond donors (Lipinski definition) is 2. The van der Waals surface area contributed by atoms with E-state index >= 15 is 0 Å². The number of nitrogens with one attached hydrogen (secondary N) is 2. The maximum Gasteiger partial charge on any atom is 0.258 e. The van der Waals surface area contributed by atoms with E-state index in [1.54, 1.807) is 42.5 Å². The number of rotatable bonds is 6. The highest BCUT2D eigenvalue weighted by Crippen LogP contribution is 2.34. The van der Waals surface area contributed by atoms with Gasteiger partial charge < -0.3 is 24.8 Å². The lowest BCUT2D eigenvalue weighted by atomic mass is 10.3. The highest BCUT2D eigenvalue weighted by Gasteiger charge is 2.14. The predicted octanol–water partition coefficient (Wildman–Crippen LogP) is 2.20. The first-order chi connectivity index (χ1) is 12.1. The first kappa shape index (κ1) is 16.9. The summed E-state index contributed by atoms with van der Waals surface area (Å²) in [6, 6.07) is 11.7.